The highest BCUT2D eigenvalue weighted by molar-refractivity contribution is 8.00. The summed E-state index contributed by atoms with van der Waals surface area (Å²) in [6.45, 7) is 1.66. The fourth-order valence-electron chi connectivity index (χ4n) is 1.33. The summed E-state index contributed by atoms with van der Waals surface area (Å²) in [5.74, 6) is -0.458. The van der Waals surface area contributed by atoms with Crippen LogP contribution in [0.25, 0.3) is 5.65 Å². The lowest BCUT2D eigenvalue weighted by Crippen LogP contribution is -2.39. The minimum absolute atomic E-state index is 0.458. The third-order valence-corrected chi connectivity index (χ3v) is 3.24. The van der Waals surface area contributed by atoms with E-state index in [0.29, 0.717) is 10.8 Å². The SMILES string of the molecule is C[C@@H](Sc1nnc2ccccn12)C(=O)NC(N)=O. The smallest absolute Gasteiger partial charge is 0.318 e. The molecule has 0 unspecified atom stereocenters. The van der Waals surface area contributed by atoms with Crippen molar-refractivity contribution in [3.05, 3.63) is 24.4 Å². The summed E-state index contributed by atoms with van der Waals surface area (Å²) in [5.41, 5.74) is 5.58. The Kier molecular flexibility index (Phi) is 3.47. The molecule has 0 saturated heterocycles. The number of carbonyl (C=O) groups is 2. The molecule has 0 saturated carbocycles. The molecule has 7 nitrogen and oxygen atoms in total. The monoisotopic (exact) mass is 265 g/mol. The number of amides is 3. The maximum Gasteiger partial charge on any atom is 0.318 e. The maximum absolute atomic E-state index is 11.5. The van der Waals surface area contributed by atoms with Gasteiger partial charge in [0.1, 0.15) is 0 Å². The quantitative estimate of drug-likeness (QED) is 0.782. The molecule has 0 bridgehead atoms. The van der Waals surface area contributed by atoms with Gasteiger partial charge in [-0.3, -0.25) is 14.5 Å². The Balaban J connectivity index is 2.14. The second-order valence-electron chi connectivity index (χ2n) is 3.52. The average molecular weight is 265 g/mol. The van der Waals surface area contributed by atoms with E-state index in [1.807, 2.05) is 23.5 Å². The van der Waals surface area contributed by atoms with Crippen LogP contribution >= 0.6 is 11.8 Å². The van der Waals surface area contributed by atoms with Crippen molar-refractivity contribution in [2.45, 2.75) is 17.3 Å². The first kappa shape index (κ1) is 12.4. The van der Waals surface area contributed by atoms with Crippen LogP contribution in [0.3, 0.4) is 0 Å². The number of hydrogen-bond donors (Lipinski definition) is 2. The van der Waals surface area contributed by atoms with Crippen molar-refractivity contribution in [2.24, 2.45) is 5.73 Å². The van der Waals surface area contributed by atoms with Crippen molar-refractivity contribution in [1.82, 2.24) is 19.9 Å². The molecule has 18 heavy (non-hydrogen) atoms. The van der Waals surface area contributed by atoms with Crippen LogP contribution in [0.2, 0.25) is 0 Å². The normalized spacial score (nSPS) is 12.3. The predicted molar refractivity (Wildman–Crippen MR) is 66.0 cm³/mol. The van der Waals surface area contributed by atoms with Crippen molar-refractivity contribution >= 4 is 29.3 Å². The summed E-state index contributed by atoms with van der Waals surface area (Å²) in [7, 11) is 0. The Morgan fingerprint density at radius 2 is 2.22 bits per heavy atom. The van der Waals surface area contributed by atoms with Crippen molar-refractivity contribution < 1.29 is 9.59 Å². The summed E-state index contributed by atoms with van der Waals surface area (Å²) in [5, 5.41) is 10.0. The number of carbonyl (C=O) groups excluding carboxylic acids is 2. The zero-order chi connectivity index (χ0) is 13.1. The number of rotatable bonds is 3. The highest BCUT2D eigenvalue weighted by Crippen LogP contribution is 2.21. The molecule has 2 aromatic rings. The van der Waals surface area contributed by atoms with Crippen LogP contribution in [0.15, 0.2) is 29.6 Å². The number of nitrogens with one attached hydrogen (secondary N) is 1. The van der Waals surface area contributed by atoms with Crippen LogP contribution in [-0.2, 0) is 4.79 Å². The van der Waals surface area contributed by atoms with E-state index in [-0.39, 0.29) is 0 Å². The lowest BCUT2D eigenvalue weighted by molar-refractivity contribution is -0.119. The first-order valence-electron chi connectivity index (χ1n) is 5.14. The molecule has 0 aliphatic rings. The number of nitrogens with zero attached hydrogens (tertiary/aromatic N) is 3. The van der Waals surface area contributed by atoms with Crippen molar-refractivity contribution in [2.75, 3.05) is 0 Å². The van der Waals surface area contributed by atoms with Gasteiger partial charge < -0.3 is 5.73 Å². The van der Waals surface area contributed by atoms with Crippen LogP contribution < -0.4 is 11.1 Å². The standard InChI is InChI=1S/C10H11N5O2S/c1-6(8(16)12-9(11)17)18-10-14-13-7-4-2-3-5-15(7)10/h2-6H,1H3,(H3,11,12,16,17)/t6-/m1/s1. The van der Waals surface area contributed by atoms with Gasteiger partial charge in [0.05, 0.1) is 5.25 Å². The highest BCUT2D eigenvalue weighted by Gasteiger charge is 2.18. The molecular formula is C10H11N5O2S. The number of imide groups is 1. The Morgan fingerprint density at radius 1 is 1.44 bits per heavy atom. The number of primary amides is 1. The van der Waals surface area contributed by atoms with Gasteiger partial charge in [-0.15, -0.1) is 10.2 Å². The minimum atomic E-state index is -0.862. The lowest BCUT2D eigenvalue weighted by atomic mass is 10.4. The Labute approximate surface area is 107 Å². The zero-order valence-corrected chi connectivity index (χ0v) is 10.3. The van der Waals surface area contributed by atoms with Crippen LogP contribution in [0.4, 0.5) is 4.79 Å². The molecule has 1 atom stereocenters. The molecule has 0 aliphatic heterocycles. The van der Waals surface area contributed by atoms with Gasteiger partial charge in [0.2, 0.25) is 5.91 Å². The summed E-state index contributed by atoms with van der Waals surface area (Å²) < 4.78 is 1.76. The van der Waals surface area contributed by atoms with Gasteiger partial charge >= 0.3 is 6.03 Å². The van der Waals surface area contributed by atoms with Gasteiger partial charge in [0.25, 0.3) is 0 Å². The lowest BCUT2D eigenvalue weighted by Gasteiger charge is -2.08. The van der Waals surface area contributed by atoms with Gasteiger partial charge in [-0.2, -0.15) is 0 Å². The minimum Gasteiger partial charge on any atom is -0.351 e. The Bertz CT molecular complexity index is 597. The highest BCUT2D eigenvalue weighted by atomic mass is 32.2. The molecule has 94 valence electrons. The summed E-state index contributed by atoms with van der Waals surface area (Å²) in [6.07, 6.45) is 1.80. The van der Waals surface area contributed by atoms with E-state index in [0.717, 1.165) is 0 Å². The largest absolute Gasteiger partial charge is 0.351 e. The van der Waals surface area contributed by atoms with Gasteiger partial charge in [-0.25, -0.2) is 4.79 Å². The maximum atomic E-state index is 11.5. The molecule has 0 aromatic carbocycles. The first-order valence-corrected chi connectivity index (χ1v) is 6.02. The van der Waals surface area contributed by atoms with E-state index in [9.17, 15) is 9.59 Å². The van der Waals surface area contributed by atoms with E-state index in [2.05, 4.69) is 10.2 Å². The fraction of sp³-hybridized carbons (Fsp3) is 0.200. The summed E-state index contributed by atoms with van der Waals surface area (Å²) in [6, 6.07) is 4.64. The second kappa shape index (κ2) is 5.05. The van der Waals surface area contributed by atoms with Crippen molar-refractivity contribution in [1.29, 1.82) is 0 Å². The van der Waals surface area contributed by atoms with Gasteiger partial charge in [-0.05, 0) is 19.1 Å². The number of pyridine rings is 1. The number of fused-ring (bicyclic) bond motifs is 1. The third-order valence-electron chi connectivity index (χ3n) is 2.18. The van der Waals surface area contributed by atoms with Crippen LogP contribution in [0.5, 0.6) is 0 Å². The van der Waals surface area contributed by atoms with Crippen LogP contribution in [0, 0.1) is 0 Å². The van der Waals surface area contributed by atoms with Gasteiger partial charge in [0, 0.05) is 6.20 Å². The number of aromatic nitrogens is 3. The Hall–Kier alpha value is -2.09. The van der Waals surface area contributed by atoms with Crippen molar-refractivity contribution in [3.63, 3.8) is 0 Å². The molecule has 0 fully saturated rings. The third kappa shape index (κ3) is 2.59. The second-order valence-corrected chi connectivity index (χ2v) is 4.83. The molecule has 0 aliphatic carbocycles. The summed E-state index contributed by atoms with van der Waals surface area (Å²) in [4.78, 5) is 22.1. The number of nitrogens with two attached hydrogens (primary N) is 1. The van der Waals surface area contributed by atoms with E-state index < -0.39 is 17.2 Å². The number of thioether (sulfide) groups is 1. The Morgan fingerprint density at radius 3 is 2.94 bits per heavy atom. The molecular weight excluding hydrogens is 254 g/mol. The van der Waals surface area contributed by atoms with Crippen molar-refractivity contribution in [3.8, 4) is 0 Å². The molecule has 2 aromatic heterocycles. The van der Waals surface area contributed by atoms with E-state index in [4.69, 9.17) is 5.73 Å². The molecule has 3 amide bonds. The average Bonchev–Trinajstić information content (AvgIpc) is 2.72. The van der Waals surface area contributed by atoms with Gasteiger partial charge in [0.15, 0.2) is 10.8 Å². The molecule has 2 rings (SSSR count). The van der Waals surface area contributed by atoms with Crippen LogP contribution in [-0.4, -0.2) is 31.8 Å². The predicted octanol–water partition coefficient (Wildman–Crippen LogP) is 0.405. The molecule has 2 heterocycles. The number of urea groups is 1. The van der Waals surface area contributed by atoms with Crippen LogP contribution in [0.1, 0.15) is 6.92 Å². The molecule has 3 N–H and O–H groups in total. The fourth-order valence-corrected chi connectivity index (χ4v) is 2.17. The molecule has 0 spiro atoms. The number of hydrogen-bond acceptors (Lipinski definition) is 5. The van der Waals surface area contributed by atoms with E-state index >= 15 is 0 Å². The topological polar surface area (TPSA) is 102 Å². The van der Waals surface area contributed by atoms with E-state index in [1.54, 1.807) is 17.5 Å². The van der Waals surface area contributed by atoms with E-state index in [1.165, 1.54) is 11.8 Å². The molecule has 8 heteroatoms. The first-order chi connectivity index (χ1) is 8.58. The zero-order valence-electron chi connectivity index (χ0n) is 9.53. The summed E-state index contributed by atoms with van der Waals surface area (Å²) >= 11 is 1.20. The molecule has 0 radical (unpaired) electrons. The van der Waals surface area contributed by atoms with Gasteiger partial charge in [-0.1, -0.05) is 17.8 Å².